The summed E-state index contributed by atoms with van der Waals surface area (Å²) < 4.78 is 0. The molecule has 2 unspecified atom stereocenters. The molecule has 0 radical (unpaired) electrons. The second-order valence-electron chi connectivity index (χ2n) is 3.86. The monoisotopic (exact) mass is 224 g/mol. The van der Waals surface area contributed by atoms with Crippen molar-refractivity contribution in [1.29, 1.82) is 0 Å². The topological polar surface area (TPSA) is 80.9 Å². The zero-order valence-corrected chi connectivity index (χ0v) is 9.24. The summed E-state index contributed by atoms with van der Waals surface area (Å²) in [5.74, 6) is 0. The van der Waals surface area contributed by atoms with Gasteiger partial charge in [0.05, 0.1) is 12.2 Å². The van der Waals surface area contributed by atoms with Gasteiger partial charge in [-0.25, -0.2) is 0 Å². The van der Waals surface area contributed by atoms with Crippen molar-refractivity contribution in [3.05, 3.63) is 29.8 Å². The lowest BCUT2D eigenvalue weighted by Gasteiger charge is -2.15. The average Bonchev–Trinajstić information content (AvgIpc) is 2.28. The number of benzene rings is 1. The molecule has 0 fully saturated rings. The normalized spacial score (nSPS) is 14.6. The number of aliphatic hydroxyl groups is 2. The molecule has 0 heterocycles. The van der Waals surface area contributed by atoms with Crippen molar-refractivity contribution in [3.63, 3.8) is 0 Å². The molecule has 0 spiro atoms. The zero-order chi connectivity index (χ0) is 12.1. The summed E-state index contributed by atoms with van der Waals surface area (Å²) in [6.45, 7) is 1.84. The summed E-state index contributed by atoms with van der Waals surface area (Å²) in [5, 5.41) is 37.2. The molecule has 1 aromatic carbocycles. The van der Waals surface area contributed by atoms with Crippen LogP contribution in [0, 0.1) is 0 Å². The number of hydrogen-bond donors (Lipinski definition) is 4. The molecule has 0 aliphatic rings. The molecule has 0 aliphatic carbocycles. The molecule has 0 saturated heterocycles. The van der Waals surface area contributed by atoms with E-state index in [1.54, 1.807) is 18.2 Å². The molecule has 0 saturated carbocycles. The van der Waals surface area contributed by atoms with Crippen molar-refractivity contribution in [1.82, 2.24) is 0 Å². The summed E-state index contributed by atoms with van der Waals surface area (Å²) in [5.41, 5.74) is 0.917. The molecule has 2 atom stereocenters. The van der Waals surface area contributed by atoms with Crippen LogP contribution in [0.1, 0.15) is 31.4 Å². The van der Waals surface area contributed by atoms with Gasteiger partial charge in [-0.2, -0.15) is 0 Å². The largest absolute Gasteiger partial charge is 0.488 e. The van der Waals surface area contributed by atoms with Crippen LogP contribution >= 0.6 is 0 Å². The van der Waals surface area contributed by atoms with Crippen molar-refractivity contribution >= 4 is 12.6 Å². The van der Waals surface area contributed by atoms with E-state index in [0.29, 0.717) is 17.4 Å². The van der Waals surface area contributed by atoms with Gasteiger partial charge in [0.2, 0.25) is 0 Å². The Bertz CT molecular complexity index is 330. The molecule has 88 valence electrons. The van der Waals surface area contributed by atoms with Crippen LogP contribution in [0.3, 0.4) is 0 Å². The van der Waals surface area contributed by atoms with E-state index >= 15 is 0 Å². The molecule has 16 heavy (non-hydrogen) atoms. The summed E-state index contributed by atoms with van der Waals surface area (Å²) in [7, 11) is -1.54. The lowest BCUT2D eigenvalue weighted by atomic mass is 9.79. The van der Waals surface area contributed by atoms with E-state index in [1.165, 1.54) is 6.07 Å². The Kier molecular flexibility index (Phi) is 4.95. The zero-order valence-electron chi connectivity index (χ0n) is 9.24. The fourth-order valence-electron chi connectivity index (χ4n) is 1.49. The first-order chi connectivity index (χ1) is 7.54. The molecular weight excluding hydrogens is 207 g/mol. The Morgan fingerprint density at radius 1 is 1.25 bits per heavy atom. The first-order valence-electron chi connectivity index (χ1n) is 5.36. The minimum Gasteiger partial charge on any atom is -0.423 e. The summed E-state index contributed by atoms with van der Waals surface area (Å²) in [6.07, 6.45) is -0.493. The van der Waals surface area contributed by atoms with Gasteiger partial charge < -0.3 is 20.3 Å². The van der Waals surface area contributed by atoms with Crippen molar-refractivity contribution in [2.24, 2.45) is 0 Å². The Labute approximate surface area is 95.3 Å². The van der Waals surface area contributed by atoms with Crippen molar-refractivity contribution in [2.45, 2.75) is 32.0 Å². The maximum absolute atomic E-state index is 9.80. The first-order valence-corrected chi connectivity index (χ1v) is 5.36. The van der Waals surface area contributed by atoms with Crippen LogP contribution in [0.5, 0.6) is 0 Å². The number of hydrogen-bond acceptors (Lipinski definition) is 4. The summed E-state index contributed by atoms with van der Waals surface area (Å²) in [4.78, 5) is 0. The van der Waals surface area contributed by atoms with Crippen molar-refractivity contribution in [3.8, 4) is 0 Å². The van der Waals surface area contributed by atoms with Gasteiger partial charge in [-0.3, -0.25) is 0 Å². The quantitative estimate of drug-likeness (QED) is 0.511. The summed E-state index contributed by atoms with van der Waals surface area (Å²) in [6, 6.07) is 6.43. The van der Waals surface area contributed by atoms with E-state index in [2.05, 4.69) is 0 Å². The Morgan fingerprint density at radius 3 is 2.50 bits per heavy atom. The van der Waals surface area contributed by atoms with Crippen LogP contribution < -0.4 is 5.46 Å². The number of aliphatic hydroxyl groups excluding tert-OH is 2. The van der Waals surface area contributed by atoms with E-state index in [-0.39, 0.29) is 6.42 Å². The van der Waals surface area contributed by atoms with Crippen LogP contribution in [0.15, 0.2) is 24.3 Å². The van der Waals surface area contributed by atoms with Gasteiger partial charge in [-0.15, -0.1) is 0 Å². The van der Waals surface area contributed by atoms with Crippen LogP contribution in [0.25, 0.3) is 0 Å². The maximum Gasteiger partial charge on any atom is 0.488 e. The molecule has 4 nitrogen and oxygen atoms in total. The van der Waals surface area contributed by atoms with Crippen molar-refractivity contribution < 1.29 is 20.3 Å². The highest BCUT2D eigenvalue weighted by atomic mass is 16.4. The fraction of sp³-hybridized carbons (Fsp3) is 0.455. The minimum absolute atomic E-state index is 0.251. The molecule has 0 aliphatic heterocycles. The Balaban J connectivity index is 2.75. The lowest BCUT2D eigenvalue weighted by Crippen LogP contribution is -2.30. The molecule has 5 heteroatoms. The van der Waals surface area contributed by atoms with Crippen LogP contribution in [0.2, 0.25) is 0 Å². The first kappa shape index (κ1) is 13.2. The molecule has 0 aromatic heterocycles. The van der Waals surface area contributed by atoms with Crippen molar-refractivity contribution in [2.75, 3.05) is 0 Å². The molecule has 4 N–H and O–H groups in total. The molecule has 1 aromatic rings. The van der Waals surface area contributed by atoms with Gasteiger partial charge in [0.15, 0.2) is 0 Å². The van der Waals surface area contributed by atoms with Crippen LogP contribution in [0.4, 0.5) is 0 Å². The van der Waals surface area contributed by atoms with E-state index in [9.17, 15) is 10.2 Å². The SMILES string of the molecule is CCC(O)CC(O)c1cccc(B(O)O)c1. The molecule has 0 bridgehead atoms. The second kappa shape index (κ2) is 6.01. The van der Waals surface area contributed by atoms with E-state index < -0.39 is 19.3 Å². The van der Waals surface area contributed by atoms with E-state index in [4.69, 9.17) is 10.0 Å². The van der Waals surface area contributed by atoms with Gasteiger partial charge in [0.1, 0.15) is 0 Å². The standard InChI is InChI=1S/C11H17BO4/c1-2-10(13)7-11(14)8-4-3-5-9(6-8)12(15)16/h3-6,10-11,13-16H,2,7H2,1H3. The lowest BCUT2D eigenvalue weighted by molar-refractivity contribution is 0.0784. The molecular formula is C11H17BO4. The highest BCUT2D eigenvalue weighted by Gasteiger charge is 2.16. The minimum atomic E-state index is -1.54. The highest BCUT2D eigenvalue weighted by molar-refractivity contribution is 6.58. The molecule has 1 rings (SSSR count). The number of rotatable bonds is 5. The Hall–Kier alpha value is -0.875. The summed E-state index contributed by atoms with van der Waals surface area (Å²) >= 11 is 0. The highest BCUT2D eigenvalue weighted by Crippen LogP contribution is 2.18. The van der Waals surface area contributed by atoms with E-state index in [0.717, 1.165) is 0 Å². The van der Waals surface area contributed by atoms with Gasteiger partial charge in [0.25, 0.3) is 0 Å². The van der Waals surface area contributed by atoms with Gasteiger partial charge in [-0.05, 0) is 17.4 Å². The van der Waals surface area contributed by atoms with Gasteiger partial charge in [-0.1, -0.05) is 31.2 Å². The third kappa shape index (κ3) is 3.61. The Morgan fingerprint density at radius 2 is 1.94 bits per heavy atom. The fourth-order valence-corrected chi connectivity index (χ4v) is 1.49. The maximum atomic E-state index is 9.80. The van der Waals surface area contributed by atoms with E-state index in [1.807, 2.05) is 6.92 Å². The average molecular weight is 224 g/mol. The second-order valence-corrected chi connectivity index (χ2v) is 3.86. The van der Waals surface area contributed by atoms with Crippen LogP contribution in [-0.4, -0.2) is 33.5 Å². The van der Waals surface area contributed by atoms with Gasteiger partial charge >= 0.3 is 7.12 Å². The smallest absolute Gasteiger partial charge is 0.423 e. The predicted molar refractivity (Wildman–Crippen MR) is 62.1 cm³/mol. The third-order valence-corrected chi connectivity index (χ3v) is 2.56. The third-order valence-electron chi connectivity index (χ3n) is 2.56. The van der Waals surface area contributed by atoms with Crippen LogP contribution in [-0.2, 0) is 0 Å². The molecule has 0 amide bonds. The predicted octanol–water partition coefficient (Wildman–Crippen LogP) is -0.439. The van der Waals surface area contributed by atoms with Gasteiger partial charge in [0, 0.05) is 6.42 Å².